The van der Waals surface area contributed by atoms with Crippen LogP contribution in [0.25, 0.3) is 11.3 Å². The smallest absolute Gasteiger partial charge is 0.224 e. The predicted molar refractivity (Wildman–Crippen MR) is 139 cm³/mol. The molecule has 1 aliphatic carbocycles. The van der Waals surface area contributed by atoms with E-state index in [0.29, 0.717) is 48.6 Å². The van der Waals surface area contributed by atoms with Gasteiger partial charge < -0.3 is 16.0 Å². The molecule has 0 bridgehead atoms. The van der Waals surface area contributed by atoms with Crippen molar-refractivity contribution in [2.75, 3.05) is 5.73 Å². The van der Waals surface area contributed by atoms with Gasteiger partial charge in [0, 0.05) is 17.7 Å². The van der Waals surface area contributed by atoms with Gasteiger partial charge in [0.05, 0.1) is 11.6 Å². The maximum atomic E-state index is 14.3. The average molecular weight is 515 g/mol. The van der Waals surface area contributed by atoms with Gasteiger partial charge in [0.1, 0.15) is 34.4 Å². The number of H-pyrrole nitrogens is 1. The molecule has 2 aromatic heterocycles. The van der Waals surface area contributed by atoms with Crippen LogP contribution in [0.15, 0.2) is 60.8 Å². The Bertz CT molecular complexity index is 1500. The van der Waals surface area contributed by atoms with Crippen molar-refractivity contribution in [2.45, 2.75) is 31.7 Å². The maximum Gasteiger partial charge on any atom is 0.224 e. The van der Waals surface area contributed by atoms with Crippen LogP contribution < -0.4 is 11.1 Å². The lowest BCUT2D eigenvalue weighted by Gasteiger charge is -2.26. The summed E-state index contributed by atoms with van der Waals surface area (Å²) >= 11 is 6.47. The van der Waals surface area contributed by atoms with E-state index in [2.05, 4.69) is 20.3 Å². The van der Waals surface area contributed by atoms with E-state index in [9.17, 15) is 9.18 Å². The Morgan fingerprint density at radius 1 is 1.27 bits per heavy atom. The molecule has 9 heteroatoms. The molecule has 0 spiro atoms. The molecule has 1 unspecified atom stereocenters. The molecule has 5 rings (SSSR count). The van der Waals surface area contributed by atoms with Crippen molar-refractivity contribution < 1.29 is 9.18 Å². The van der Waals surface area contributed by atoms with Crippen LogP contribution in [-0.2, 0) is 24.1 Å². The number of halogens is 2. The first-order valence-electron chi connectivity index (χ1n) is 11.9. The maximum absolute atomic E-state index is 14.3. The van der Waals surface area contributed by atoms with Crippen molar-refractivity contribution in [2.24, 2.45) is 5.92 Å². The Morgan fingerprint density at radius 2 is 2.08 bits per heavy atom. The highest BCUT2D eigenvalue weighted by Crippen LogP contribution is 2.31. The fourth-order valence-electron chi connectivity index (χ4n) is 4.77. The molecule has 2 atom stereocenters. The Kier molecular flexibility index (Phi) is 6.89. The van der Waals surface area contributed by atoms with Crippen LogP contribution in [0.4, 0.5) is 10.2 Å². The van der Waals surface area contributed by atoms with E-state index in [4.69, 9.17) is 22.6 Å². The summed E-state index contributed by atoms with van der Waals surface area (Å²) in [4.78, 5) is 25.3. The summed E-state index contributed by atoms with van der Waals surface area (Å²) < 4.78 is 14.3. The minimum Gasteiger partial charge on any atom is -0.383 e. The number of anilines is 1. The molecular weight excluding hydrogens is 491 g/mol. The standard InChI is InChI=1S/C28H24ClFN6O/c29-25-24(18-6-7-20(15-31)22(30)14-18)35-27(36-25)23(12-16-4-2-1-3-5-16)34-28(37)19-8-9-21-17(13-19)10-11-33-26(21)32/h1-7,10-11,14,19,23H,8-9,12-13H2,(H2,32,33)(H,34,37)(H,35,36)/t19?,23-/m0/s1. The molecule has 4 N–H and O–H groups in total. The Balaban J connectivity index is 1.42. The monoisotopic (exact) mass is 514 g/mol. The first-order chi connectivity index (χ1) is 17.9. The fourth-order valence-corrected chi connectivity index (χ4v) is 5.02. The molecular formula is C28H24ClFN6O. The molecule has 2 aromatic carbocycles. The largest absolute Gasteiger partial charge is 0.383 e. The third-order valence-corrected chi connectivity index (χ3v) is 7.01. The van der Waals surface area contributed by atoms with Crippen LogP contribution in [0.1, 0.15) is 40.5 Å². The summed E-state index contributed by atoms with van der Waals surface area (Å²) in [6.07, 6.45) is 4.10. The lowest BCUT2D eigenvalue weighted by Crippen LogP contribution is -2.38. The molecule has 186 valence electrons. The number of aromatic nitrogens is 3. The second-order valence-electron chi connectivity index (χ2n) is 9.12. The number of fused-ring (bicyclic) bond motifs is 1. The number of aromatic amines is 1. The number of nitrogens with one attached hydrogen (secondary N) is 2. The Labute approximate surface area is 218 Å². The molecule has 1 aliphatic rings. The van der Waals surface area contributed by atoms with Gasteiger partial charge in [-0.25, -0.2) is 14.4 Å². The van der Waals surface area contributed by atoms with Crippen LogP contribution in [0.3, 0.4) is 0 Å². The minimum absolute atomic E-state index is 0.0588. The third kappa shape index (κ3) is 5.18. The highest BCUT2D eigenvalue weighted by atomic mass is 35.5. The van der Waals surface area contributed by atoms with Gasteiger partial charge in [0.2, 0.25) is 5.91 Å². The number of hydrogen-bond donors (Lipinski definition) is 3. The third-order valence-electron chi connectivity index (χ3n) is 6.74. The molecule has 7 nitrogen and oxygen atoms in total. The SMILES string of the molecule is N#Cc1ccc(-c2nc([C@H](Cc3ccccc3)NC(=O)C3CCc4c(ccnc4N)C3)[nH]c2Cl)cc1F. The normalized spacial score (nSPS) is 15.4. The van der Waals surface area contributed by atoms with Gasteiger partial charge in [-0.15, -0.1) is 0 Å². The van der Waals surface area contributed by atoms with Gasteiger partial charge in [-0.2, -0.15) is 5.26 Å². The van der Waals surface area contributed by atoms with Crippen LogP contribution in [0.2, 0.25) is 5.15 Å². The van der Waals surface area contributed by atoms with Gasteiger partial charge in [-0.1, -0.05) is 48.0 Å². The van der Waals surface area contributed by atoms with Crippen molar-refractivity contribution in [1.82, 2.24) is 20.3 Å². The van der Waals surface area contributed by atoms with E-state index in [0.717, 1.165) is 16.7 Å². The fraction of sp³-hybridized carbons (Fsp3) is 0.214. The summed E-state index contributed by atoms with van der Waals surface area (Å²) in [5.41, 5.74) is 9.82. The second-order valence-corrected chi connectivity index (χ2v) is 9.49. The van der Waals surface area contributed by atoms with Gasteiger partial charge in [-0.05, 0) is 60.6 Å². The summed E-state index contributed by atoms with van der Waals surface area (Å²) in [7, 11) is 0. The molecule has 0 fully saturated rings. The summed E-state index contributed by atoms with van der Waals surface area (Å²) in [6, 6.07) is 17.2. The van der Waals surface area contributed by atoms with E-state index >= 15 is 0 Å². The topological polar surface area (TPSA) is 120 Å². The second kappa shape index (κ2) is 10.4. The average Bonchev–Trinajstić information content (AvgIpc) is 3.30. The zero-order valence-corrected chi connectivity index (χ0v) is 20.6. The number of pyridine rings is 1. The van der Waals surface area contributed by atoms with E-state index in [1.165, 1.54) is 12.1 Å². The number of amides is 1. The molecule has 0 saturated carbocycles. The van der Waals surface area contributed by atoms with Gasteiger partial charge in [-0.3, -0.25) is 4.79 Å². The van der Waals surface area contributed by atoms with E-state index in [1.54, 1.807) is 12.3 Å². The van der Waals surface area contributed by atoms with Gasteiger partial charge >= 0.3 is 0 Å². The highest BCUT2D eigenvalue weighted by Gasteiger charge is 2.29. The zero-order valence-electron chi connectivity index (χ0n) is 19.8. The van der Waals surface area contributed by atoms with Crippen LogP contribution in [-0.4, -0.2) is 20.9 Å². The molecule has 0 aliphatic heterocycles. The van der Waals surface area contributed by atoms with E-state index in [1.807, 2.05) is 42.5 Å². The van der Waals surface area contributed by atoms with Crippen molar-refractivity contribution in [1.29, 1.82) is 5.26 Å². The Morgan fingerprint density at radius 3 is 2.84 bits per heavy atom. The lowest BCUT2D eigenvalue weighted by atomic mass is 9.83. The number of carbonyl (C=O) groups excluding carboxylic acids is 1. The quantitative estimate of drug-likeness (QED) is 0.337. The molecule has 0 radical (unpaired) electrons. The molecule has 37 heavy (non-hydrogen) atoms. The number of imidazole rings is 1. The van der Waals surface area contributed by atoms with Crippen LogP contribution >= 0.6 is 11.6 Å². The number of nitriles is 1. The first kappa shape index (κ1) is 24.5. The number of nitrogen functional groups attached to an aromatic ring is 1. The molecule has 1 amide bonds. The summed E-state index contributed by atoms with van der Waals surface area (Å²) in [5.74, 6) is 0.0376. The first-order valence-corrected chi connectivity index (χ1v) is 12.3. The molecule has 4 aromatic rings. The van der Waals surface area contributed by atoms with Gasteiger partial charge in [0.15, 0.2) is 0 Å². The zero-order chi connectivity index (χ0) is 25.9. The summed E-state index contributed by atoms with van der Waals surface area (Å²) in [6.45, 7) is 0. The van der Waals surface area contributed by atoms with Crippen molar-refractivity contribution in [3.63, 3.8) is 0 Å². The lowest BCUT2D eigenvalue weighted by molar-refractivity contribution is -0.126. The van der Waals surface area contributed by atoms with Crippen molar-refractivity contribution in [3.8, 4) is 17.3 Å². The molecule has 2 heterocycles. The Hall–Kier alpha value is -4.22. The number of nitrogens with two attached hydrogens (primary N) is 1. The number of nitrogens with zero attached hydrogens (tertiary/aromatic N) is 3. The van der Waals surface area contributed by atoms with Crippen LogP contribution in [0, 0.1) is 23.1 Å². The predicted octanol–water partition coefficient (Wildman–Crippen LogP) is 4.92. The summed E-state index contributed by atoms with van der Waals surface area (Å²) in [5, 5.41) is 12.4. The van der Waals surface area contributed by atoms with Crippen molar-refractivity contribution >= 4 is 23.3 Å². The van der Waals surface area contributed by atoms with Crippen LogP contribution in [0.5, 0.6) is 0 Å². The number of carbonyl (C=O) groups is 1. The number of rotatable bonds is 6. The number of benzene rings is 2. The highest BCUT2D eigenvalue weighted by molar-refractivity contribution is 6.31. The number of hydrogen-bond acceptors (Lipinski definition) is 5. The van der Waals surface area contributed by atoms with Gasteiger partial charge in [0.25, 0.3) is 0 Å². The van der Waals surface area contributed by atoms with Crippen molar-refractivity contribution in [3.05, 3.63) is 99.8 Å². The van der Waals surface area contributed by atoms with E-state index < -0.39 is 11.9 Å². The minimum atomic E-state index is -0.650. The molecule has 0 saturated heterocycles. The van der Waals surface area contributed by atoms with E-state index in [-0.39, 0.29) is 22.5 Å².